The van der Waals surface area contributed by atoms with Gasteiger partial charge in [0.05, 0.1) is 11.0 Å². The molecule has 0 atom stereocenters. The average molecular weight is 1110 g/mol. The van der Waals surface area contributed by atoms with Gasteiger partial charge in [0.2, 0.25) is 0 Å². The number of fused-ring (bicyclic) bond motifs is 7. The molecule has 0 amide bonds. The lowest BCUT2D eigenvalue weighted by atomic mass is 9.33. The molecular formula is C82H61BN4. The molecule has 0 aliphatic carbocycles. The van der Waals surface area contributed by atoms with Gasteiger partial charge in [-0.25, -0.2) is 0 Å². The van der Waals surface area contributed by atoms with Crippen molar-refractivity contribution in [1.82, 2.24) is 4.57 Å². The van der Waals surface area contributed by atoms with Crippen molar-refractivity contribution in [1.29, 1.82) is 0 Å². The Kier molecular flexibility index (Phi) is 12.5. The zero-order valence-electron chi connectivity index (χ0n) is 48.9. The zero-order chi connectivity index (χ0) is 58.2. The second kappa shape index (κ2) is 21.0. The highest BCUT2D eigenvalue weighted by molar-refractivity contribution is 7.00. The molecule has 412 valence electrons. The first-order chi connectivity index (χ1) is 42.8. The van der Waals surface area contributed by atoms with Crippen molar-refractivity contribution in [3.63, 3.8) is 0 Å². The Hall–Kier alpha value is -10.9. The van der Waals surface area contributed by atoms with E-state index in [1.807, 2.05) is 0 Å². The molecule has 0 bridgehead atoms. The average Bonchev–Trinajstić information content (AvgIpc) is 1.30. The summed E-state index contributed by atoms with van der Waals surface area (Å²) >= 11 is 0. The van der Waals surface area contributed by atoms with Crippen LogP contribution in [0.5, 0.6) is 0 Å². The maximum absolute atomic E-state index is 2.60. The van der Waals surface area contributed by atoms with Gasteiger partial charge >= 0.3 is 0 Å². The van der Waals surface area contributed by atoms with Crippen LogP contribution < -0.4 is 31.1 Å². The summed E-state index contributed by atoms with van der Waals surface area (Å²) in [6.45, 7) is 6.95. The summed E-state index contributed by atoms with van der Waals surface area (Å²) in [6, 6.07) is 117. The predicted molar refractivity (Wildman–Crippen MR) is 370 cm³/mol. The molecule has 0 fully saturated rings. The van der Waals surface area contributed by atoms with E-state index in [-0.39, 0.29) is 12.1 Å². The molecule has 0 N–H and O–H groups in total. The van der Waals surface area contributed by atoms with Crippen LogP contribution in [0.25, 0.3) is 72.0 Å². The second-order valence-electron chi connectivity index (χ2n) is 24.1. The zero-order valence-corrected chi connectivity index (χ0v) is 48.9. The largest absolute Gasteiger partial charge is 0.311 e. The summed E-state index contributed by atoms with van der Waals surface area (Å²) < 4.78 is 2.40. The van der Waals surface area contributed by atoms with Crippen molar-refractivity contribution < 1.29 is 0 Å². The van der Waals surface area contributed by atoms with E-state index in [0.717, 1.165) is 56.5 Å². The number of anilines is 9. The van der Waals surface area contributed by atoms with Crippen LogP contribution >= 0.6 is 0 Å². The lowest BCUT2D eigenvalue weighted by Crippen LogP contribution is -2.61. The van der Waals surface area contributed by atoms with Crippen molar-refractivity contribution in [3.05, 3.63) is 321 Å². The summed E-state index contributed by atoms with van der Waals surface area (Å²) in [5, 5.41) is 2.50. The molecule has 14 aromatic rings. The highest BCUT2D eigenvalue weighted by Gasteiger charge is 2.45. The summed E-state index contributed by atoms with van der Waals surface area (Å²) in [5.74, 6) is 0. The fourth-order valence-electron chi connectivity index (χ4n) is 13.7. The first-order valence-electron chi connectivity index (χ1n) is 30.3. The van der Waals surface area contributed by atoms with Gasteiger partial charge in [-0.3, -0.25) is 0 Å². The third-order valence-electron chi connectivity index (χ3n) is 17.8. The SMILES string of the molecule is CC(C)(C)c1cc2c3c(c1)N(c1cccc(-c4ccccc4)c1)c1cc(N(c4ccccc4)c4ccc(-n5c6ccccc6c6ccccc65)cc4)ccc1B3c1ccc(-c3ccccc3)cc1N2c1cc(-c2ccccc2)cc(-c2ccccc2)c1. The number of benzene rings is 13. The smallest absolute Gasteiger partial charge is 0.252 e. The molecule has 0 radical (unpaired) electrons. The van der Waals surface area contributed by atoms with E-state index in [9.17, 15) is 0 Å². The molecule has 4 nitrogen and oxygen atoms in total. The van der Waals surface area contributed by atoms with Gasteiger partial charge in [-0.1, -0.05) is 227 Å². The molecule has 1 aromatic heterocycles. The Balaban J connectivity index is 0.954. The molecule has 0 spiro atoms. The van der Waals surface area contributed by atoms with Crippen molar-refractivity contribution >= 4 is 96.1 Å². The van der Waals surface area contributed by atoms with Crippen molar-refractivity contribution in [2.75, 3.05) is 14.7 Å². The fraction of sp³-hybridized carbons (Fsp3) is 0.0488. The highest BCUT2D eigenvalue weighted by atomic mass is 15.2. The first-order valence-corrected chi connectivity index (χ1v) is 30.3. The topological polar surface area (TPSA) is 14.7 Å². The number of nitrogens with zero attached hydrogens (tertiary/aromatic N) is 4. The predicted octanol–water partition coefficient (Wildman–Crippen LogP) is 20.3. The fourth-order valence-corrected chi connectivity index (χ4v) is 13.7. The summed E-state index contributed by atoms with van der Waals surface area (Å²) in [7, 11) is 0. The number of aromatic nitrogens is 1. The summed E-state index contributed by atoms with van der Waals surface area (Å²) in [4.78, 5) is 7.61. The first kappa shape index (κ1) is 51.7. The number of hydrogen-bond donors (Lipinski definition) is 0. The van der Waals surface area contributed by atoms with E-state index >= 15 is 0 Å². The van der Waals surface area contributed by atoms with Crippen LogP contribution in [0.15, 0.2) is 315 Å². The van der Waals surface area contributed by atoms with E-state index < -0.39 is 0 Å². The number of rotatable bonds is 10. The van der Waals surface area contributed by atoms with Gasteiger partial charge in [-0.05, 0) is 181 Å². The third kappa shape index (κ3) is 9.01. The van der Waals surface area contributed by atoms with Gasteiger partial charge in [0.25, 0.3) is 6.71 Å². The molecule has 2 aliphatic heterocycles. The maximum atomic E-state index is 2.60. The molecule has 5 heteroatoms. The molecule has 16 rings (SSSR count). The van der Waals surface area contributed by atoms with Crippen molar-refractivity contribution in [2.45, 2.75) is 26.2 Å². The standard InChI is InChI=1S/C82H61BN4/c1-82(2,3)64-53-79-81-80(54-64)87(70-50-62(58-28-13-6-14-29-58)48-63(51-70)59-30-15-7-16-31-59)77-52-61(57-26-11-5-12-27-57)40-46-73(77)83(81)74-47-45-69(55-78(74)86(79)68-35-23-32-60(49-68)56-24-9-4-10-25-56)84(65-33-17-8-18-34-65)66-41-43-67(44-42-66)85-75-38-21-19-36-71(75)72-37-20-22-39-76(72)85/h4-55H,1-3H3. The molecule has 2 aliphatic rings. The van der Waals surface area contributed by atoms with E-state index in [2.05, 4.69) is 355 Å². The van der Waals surface area contributed by atoms with Gasteiger partial charge in [-0.2, -0.15) is 0 Å². The Morgan fingerprint density at radius 2 is 0.713 bits per heavy atom. The van der Waals surface area contributed by atoms with Gasteiger partial charge in [0, 0.05) is 67.6 Å². The van der Waals surface area contributed by atoms with E-state index in [1.54, 1.807) is 0 Å². The molecule has 13 aromatic carbocycles. The van der Waals surface area contributed by atoms with Crippen LogP contribution in [-0.2, 0) is 5.41 Å². The van der Waals surface area contributed by atoms with Gasteiger partial charge in [0.1, 0.15) is 0 Å². The molecule has 0 unspecified atom stereocenters. The van der Waals surface area contributed by atoms with Crippen molar-refractivity contribution in [3.8, 4) is 50.2 Å². The molecular weight excluding hydrogens is 1050 g/mol. The lowest BCUT2D eigenvalue weighted by Gasteiger charge is -2.45. The van der Waals surface area contributed by atoms with Gasteiger partial charge in [0.15, 0.2) is 0 Å². The molecule has 3 heterocycles. The molecule has 0 saturated heterocycles. The number of para-hydroxylation sites is 3. The van der Waals surface area contributed by atoms with Crippen LogP contribution in [0.4, 0.5) is 51.2 Å². The van der Waals surface area contributed by atoms with Crippen LogP contribution in [0, 0.1) is 0 Å². The van der Waals surface area contributed by atoms with Crippen LogP contribution in [0.1, 0.15) is 26.3 Å². The van der Waals surface area contributed by atoms with Crippen LogP contribution in [0.3, 0.4) is 0 Å². The molecule has 87 heavy (non-hydrogen) atoms. The van der Waals surface area contributed by atoms with E-state index in [4.69, 9.17) is 0 Å². The Morgan fingerprint density at radius 3 is 1.26 bits per heavy atom. The van der Waals surface area contributed by atoms with Gasteiger partial charge < -0.3 is 19.3 Å². The third-order valence-corrected chi connectivity index (χ3v) is 17.8. The van der Waals surface area contributed by atoms with Gasteiger partial charge in [-0.15, -0.1) is 0 Å². The normalized spacial score (nSPS) is 12.5. The Labute approximate surface area is 509 Å². The lowest BCUT2D eigenvalue weighted by molar-refractivity contribution is 0.590. The van der Waals surface area contributed by atoms with Crippen molar-refractivity contribution in [2.24, 2.45) is 0 Å². The minimum atomic E-state index is -0.227. The maximum Gasteiger partial charge on any atom is 0.252 e. The highest BCUT2D eigenvalue weighted by Crippen LogP contribution is 2.50. The van der Waals surface area contributed by atoms with E-state index in [0.29, 0.717) is 0 Å². The summed E-state index contributed by atoms with van der Waals surface area (Å²) in [5.41, 5.74) is 27.7. The monoisotopic (exact) mass is 1110 g/mol. The Morgan fingerprint density at radius 1 is 0.287 bits per heavy atom. The molecule has 0 saturated carbocycles. The van der Waals surface area contributed by atoms with Crippen LogP contribution in [0.2, 0.25) is 0 Å². The second-order valence-corrected chi connectivity index (χ2v) is 24.1. The minimum absolute atomic E-state index is 0.126. The van der Waals surface area contributed by atoms with Crippen LogP contribution in [-0.4, -0.2) is 11.3 Å². The summed E-state index contributed by atoms with van der Waals surface area (Å²) in [6.07, 6.45) is 0. The quantitative estimate of drug-likeness (QED) is 0.127. The number of hydrogen-bond acceptors (Lipinski definition) is 3. The van der Waals surface area contributed by atoms with E-state index in [1.165, 1.54) is 88.6 Å². The minimum Gasteiger partial charge on any atom is -0.311 e. The Bertz CT molecular complexity index is 4790.